The summed E-state index contributed by atoms with van der Waals surface area (Å²) in [5.41, 5.74) is 9.24. The standard InChI is InChI=1S/C23H21FN6O2/c24-15-8-13(9-16-20(15)27-5-4-26-16)23-29-17-10-14(28-19(22(25)31)12-2-3-12)11-18-21(17)30(23)6-1-7-32-18/h4-5,8-12,19,28H,1-3,6-7H2,(H2,25,31)/t19-/m0/s1. The molecule has 1 aliphatic heterocycles. The molecule has 2 aromatic heterocycles. The predicted molar refractivity (Wildman–Crippen MR) is 118 cm³/mol. The number of amides is 1. The van der Waals surface area contributed by atoms with Gasteiger partial charge >= 0.3 is 0 Å². The van der Waals surface area contributed by atoms with Crippen LogP contribution < -0.4 is 15.8 Å². The summed E-state index contributed by atoms with van der Waals surface area (Å²) in [6.07, 6.45) is 5.78. The molecule has 1 aliphatic carbocycles. The monoisotopic (exact) mass is 432 g/mol. The number of imidazole rings is 1. The van der Waals surface area contributed by atoms with Gasteiger partial charge in [-0.1, -0.05) is 0 Å². The molecular weight excluding hydrogens is 411 g/mol. The molecule has 1 saturated carbocycles. The van der Waals surface area contributed by atoms with Crippen molar-refractivity contribution in [1.82, 2.24) is 19.5 Å². The Labute approximate surface area is 182 Å². The number of fused-ring (bicyclic) bond motifs is 1. The van der Waals surface area contributed by atoms with Crippen LogP contribution in [0.15, 0.2) is 36.7 Å². The van der Waals surface area contributed by atoms with Gasteiger partial charge in [-0.2, -0.15) is 0 Å². The summed E-state index contributed by atoms with van der Waals surface area (Å²) in [5, 5.41) is 3.27. The molecule has 2 aliphatic rings. The molecule has 1 amide bonds. The van der Waals surface area contributed by atoms with Crippen LogP contribution >= 0.6 is 0 Å². The van der Waals surface area contributed by atoms with Crippen molar-refractivity contribution >= 4 is 33.7 Å². The van der Waals surface area contributed by atoms with Crippen LogP contribution in [0.4, 0.5) is 10.1 Å². The van der Waals surface area contributed by atoms with E-state index in [2.05, 4.69) is 19.9 Å². The third-order valence-corrected chi connectivity index (χ3v) is 6.10. The first kappa shape index (κ1) is 19.0. The summed E-state index contributed by atoms with van der Waals surface area (Å²) >= 11 is 0. The number of aromatic nitrogens is 4. The number of nitrogens with zero attached hydrogens (tertiary/aromatic N) is 4. The lowest BCUT2D eigenvalue weighted by Crippen LogP contribution is -2.37. The highest BCUT2D eigenvalue weighted by atomic mass is 19.1. The minimum absolute atomic E-state index is 0.233. The zero-order valence-corrected chi connectivity index (χ0v) is 17.2. The summed E-state index contributed by atoms with van der Waals surface area (Å²) in [6, 6.07) is 6.61. The number of carbonyl (C=O) groups is 1. The second-order valence-corrected chi connectivity index (χ2v) is 8.38. The minimum atomic E-state index is -0.438. The average Bonchev–Trinajstić information content (AvgIpc) is 3.58. The molecule has 8 nitrogen and oxygen atoms in total. The predicted octanol–water partition coefficient (Wildman–Crippen LogP) is 3.24. The SMILES string of the molecule is NC(=O)[C@@H](Nc1cc2c3c(c1)nc(-c1cc(F)c4nccnc4c1)n3CCCO2)C1CC1. The molecule has 9 heteroatoms. The van der Waals surface area contributed by atoms with Crippen molar-refractivity contribution in [1.29, 1.82) is 0 Å². The lowest BCUT2D eigenvalue weighted by atomic mass is 10.1. The third kappa shape index (κ3) is 3.12. The molecule has 2 aromatic carbocycles. The number of nitrogens with two attached hydrogens (primary N) is 1. The quantitative estimate of drug-likeness (QED) is 0.501. The Kier molecular flexibility index (Phi) is 4.24. The molecule has 0 radical (unpaired) electrons. The van der Waals surface area contributed by atoms with Crippen molar-refractivity contribution in [2.45, 2.75) is 31.8 Å². The number of carbonyl (C=O) groups excluding carboxylic acids is 1. The first-order valence-electron chi connectivity index (χ1n) is 10.7. The van der Waals surface area contributed by atoms with Crippen LogP contribution in [0.3, 0.4) is 0 Å². The molecule has 0 bridgehead atoms. The van der Waals surface area contributed by atoms with Crippen molar-refractivity contribution in [3.05, 3.63) is 42.5 Å². The molecule has 6 rings (SSSR count). The van der Waals surface area contributed by atoms with E-state index in [4.69, 9.17) is 15.5 Å². The number of ether oxygens (including phenoxy) is 1. The largest absolute Gasteiger partial charge is 0.491 e. The maximum atomic E-state index is 14.7. The molecule has 3 heterocycles. The van der Waals surface area contributed by atoms with E-state index in [9.17, 15) is 9.18 Å². The molecule has 1 fully saturated rings. The lowest BCUT2D eigenvalue weighted by Gasteiger charge is -2.17. The Hall–Kier alpha value is -3.75. The number of primary amides is 1. The Morgan fingerprint density at radius 3 is 2.84 bits per heavy atom. The number of rotatable bonds is 5. The Bertz CT molecular complexity index is 1380. The molecule has 4 aromatic rings. The summed E-state index contributed by atoms with van der Waals surface area (Å²) in [5.74, 6) is 0.786. The number of halogens is 1. The molecule has 1 atom stereocenters. The van der Waals surface area contributed by atoms with Gasteiger partial charge in [0.25, 0.3) is 0 Å². The summed E-state index contributed by atoms with van der Waals surface area (Å²) in [7, 11) is 0. The Morgan fingerprint density at radius 1 is 1.19 bits per heavy atom. The van der Waals surface area contributed by atoms with E-state index in [-0.39, 0.29) is 17.3 Å². The summed E-state index contributed by atoms with van der Waals surface area (Å²) < 4.78 is 22.8. The molecule has 0 spiro atoms. The van der Waals surface area contributed by atoms with E-state index in [1.54, 1.807) is 12.3 Å². The van der Waals surface area contributed by atoms with Crippen LogP contribution in [0, 0.1) is 11.7 Å². The van der Waals surface area contributed by atoms with Gasteiger partial charge in [-0.3, -0.25) is 9.78 Å². The van der Waals surface area contributed by atoms with Crippen molar-refractivity contribution in [2.75, 3.05) is 11.9 Å². The number of hydrogen-bond acceptors (Lipinski definition) is 6. The van der Waals surface area contributed by atoms with Gasteiger partial charge < -0.3 is 20.4 Å². The molecular formula is C23H21FN6O2. The first-order valence-corrected chi connectivity index (χ1v) is 10.7. The number of aryl methyl sites for hydroxylation is 1. The Morgan fingerprint density at radius 2 is 2.03 bits per heavy atom. The maximum Gasteiger partial charge on any atom is 0.240 e. The normalized spacial score (nSPS) is 16.5. The van der Waals surface area contributed by atoms with Gasteiger partial charge in [0.15, 0.2) is 5.82 Å². The summed E-state index contributed by atoms with van der Waals surface area (Å²) in [6.45, 7) is 1.25. The fourth-order valence-corrected chi connectivity index (χ4v) is 4.46. The van der Waals surface area contributed by atoms with Crippen LogP contribution in [0.1, 0.15) is 19.3 Å². The van der Waals surface area contributed by atoms with E-state index >= 15 is 0 Å². The van der Waals surface area contributed by atoms with Gasteiger partial charge in [0.05, 0.1) is 17.6 Å². The van der Waals surface area contributed by atoms with E-state index in [1.165, 1.54) is 12.3 Å². The number of nitrogens with one attached hydrogen (secondary N) is 1. The van der Waals surface area contributed by atoms with Crippen LogP contribution in [0.2, 0.25) is 0 Å². The van der Waals surface area contributed by atoms with Crippen LogP contribution in [-0.2, 0) is 11.3 Å². The fourth-order valence-electron chi connectivity index (χ4n) is 4.46. The Balaban J connectivity index is 1.50. The molecule has 0 saturated heterocycles. The van der Waals surface area contributed by atoms with E-state index < -0.39 is 11.9 Å². The van der Waals surface area contributed by atoms with Gasteiger partial charge in [-0.05, 0) is 43.4 Å². The maximum absolute atomic E-state index is 14.7. The molecule has 0 unspecified atom stereocenters. The fraction of sp³-hybridized carbons (Fsp3) is 0.304. The average molecular weight is 432 g/mol. The van der Waals surface area contributed by atoms with Gasteiger partial charge in [0, 0.05) is 36.3 Å². The van der Waals surface area contributed by atoms with Crippen molar-refractivity contribution in [3.8, 4) is 17.1 Å². The number of hydrogen-bond donors (Lipinski definition) is 2. The van der Waals surface area contributed by atoms with Gasteiger partial charge in [0.1, 0.15) is 28.6 Å². The number of benzene rings is 2. The van der Waals surface area contributed by atoms with E-state index in [0.29, 0.717) is 41.3 Å². The van der Waals surface area contributed by atoms with E-state index in [1.807, 2.05) is 12.1 Å². The first-order chi connectivity index (χ1) is 15.6. The van der Waals surface area contributed by atoms with Crippen molar-refractivity contribution < 1.29 is 13.9 Å². The second-order valence-electron chi connectivity index (χ2n) is 8.38. The lowest BCUT2D eigenvalue weighted by molar-refractivity contribution is -0.119. The smallest absolute Gasteiger partial charge is 0.240 e. The zero-order valence-electron chi connectivity index (χ0n) is 17.2. The van der Waals surface area contributed by atoms with Crippen molar-refractivity contribution in [2.24, 2.45) is 11.7 Å². The highest BCUT2D eigenvalue weighted by Crippen LogP contribution is 2.39. The zero-order chi connectivity index (χ0) is 21.8. The second kappa shape index (κ2) is 7.15. The van der Waals surface area contributed by atoms with Crippen LogP contribution in [-0.4, -0.2) is 38.1 Å². The summed E-state index contributed by atoms with van der Waals surface area (Å²) in [4.78, 5) is 25.1. The van der Waals surface area contributed by atoms with Gasteiger partial charge in [0.2, 0.25) is 5.91 Å². The van der Waals surface area contributed by atoms with Gasteiger partial charge in [-0.25, -0.2) is 14.4 Å². The van der Waals surface area contributed by atoms with Crippen LogP contribution in [0.25, 0.3) is 33.5 Å². The minimum Gasteiger partial charge on any atom is -0.491 e. The third-order valence-electron chi connectivity index (χ3n) is 6.10. The van der Waals surface area contributed by atoms with E-state index in [0.717, 1.165) is 30.5 Å². The van der Waals surface area contributed by atoms with Crippen LogP contribution in [0.5, 0.6) is 5.75 Å². The number of anilines is 1. The van der Waals surface area contributed by atoms with Gasteiger partial charge in [-0.15, -0.1) is 0 Å². The molecule has 32 heavy (non-hydrogen) atoms. The highest BCUT2D eigenvalue weighted by Gasteiger charge is 2.35. The van der Waals surface area contributed by atoms with Crippen molar-refractivity contribution in [3.63, 3.8) is 0 Å². The molecule has 3 N–H and O–H groups in total. The molecule has 162 valence electrons. The topological polar surface area (TPSA) is 108 Å². The highest BCUT2D eigenvalue weighted by molar-refractivity contribution is 5.92.